The molecule has 3 amide bonds. The van der Waals surface area contributed by atoms with Crippen molar-refractivity contribution in [2.24, 2.45) is 11.7 Å². The van der Waals surface area contributed by atoms with E-state index < -0.39 is 6.04 Å². The highest BCUT2D eigenvalue weighted by atomic mass is 35.5. The third-order valence-corrected chi connectivity index (χ3v) is 4.82. The van der Waals surface area contributed by atoms with Crippen molar-refractivity contribution in [3.05, 3.63) is 35.9 Å². The molecule has 4 N–H and O–H groups in total. The van der Waals surface area contributed by atoms with Crippen molar-refractivity contribution < 1.29 is 14.4 Å². The summed E-state index contributed by atoms with van der Waals surface area (Å²) >= 11 is 0. The molecule has 156 valence electrons. The number of amides is 3. The summed E-state index contributed by atoms with van der Waals surface area (Å²) in [5, 5.41) is 5.43. The molecule has 0 aromatic heterocycles. The molecule has 1 aliphatic rings. The summed E-state index contributed by atoms with van der Waals surface area (Å²) in [5.74, 6) is -0.475. The van der Waals surface area contributed by atoms with Crippen molar-refractivity contribution in [3.63, 3.8) is 0 Å². The van der Waals surface area contributed by atoms with Crippen LogP contribution in [0.4, 0.5) is 0 Å². The Bertz CT molecular complexity index is 654. The molecule has 2 rings (SSSR count). The second-order valence-electron chi connectivity index (χ2n) is 7.37. The van der Waals surface area contributed by atoms with Crippen LogP contribution in [0.1, 0.15) is 32.3 Å². The van der Waals surface area contributed by atoms with E-state index in [1.807, 2.05) is 44.2 Å². The molecule has 1 aliphatic heterocycles. The van der Waals surface area contributed by atoms with Crippen LogP contribution < -0.4 is 16.4 Å². The van der Waals surface area contributed by atoms with Crippen LogP contribution in [0.2, 0.25) is 0 Å². The van der Waals surface area contributed by atoms with Crippen LogP contribution in [-0.4, -0.2) is 54.3 Å². The van der Waals surface area contributed by atoms with Crippen LogP contribution in [0.5, 0.6) is 0 Å². The average molecular weight is 411 g/mol. The third kappa shape index (κ3) is 7.48. The molecule has 0 aliphatic carbocycles. The maximum Gasteiger partial charge on any atom is 0.239 e. The van der Waals surface area contributed by atoms with Gasteiger partial charge in [0.25, 0.3) is 0 Å². The zero-order valence-corrected chi connectivity index (χ0v) is 17.3. The average Bonchev–Trinajstić information content (AvgIpc) is 3.12. The summed E-state index contributed by atoms with van der Waals surface area (Å²) in [6, 6.07) is 9.22. The number of halogens is 1. The molecule has 8 heteroatoms. The number of aryl methyl sites for hydroxylation is 1. The first kappa shape index (κ1) is 23.9. The first-order valence-corrected chi connectivity index (χ1v) is 9.51. The number of rotatable bonds is 8. The number of benzene rings is 1. The second-order valence-corrected chi connectivity index (χ2v) is 7.37. The number of nitrogens with one attached hydrogen (secondary N) is 2. The lowest BCUT2D eigenvalue weighted by Gasteiger charge is -2.18. The van der Waals surface area contributed by atoms with Crippen LogP contribution in [0, 0.1) is 5.92 Å². The van der Waals surface area contributed by atoms with Gasteiger partial charge in [0.2, 0.25) is 17.7 Å². The van der Waals surface area contributed by atoms with Crippen molar-refractivity contribution in [3.8, 4) is 0 Å². The Balaban J connectivity index is 0.00000392. The Hall–Kier alpha value is -2.12. The third-order valence-electron chi connectivity index (χ3n) is 4.82. The first-order chi connectivity index (χ1) is 12.9. The van der Waals surface area contributed by atoms with Gasteiger partial charge < -0.3 is 21.3 Å². The fourth-order valence-electron chi connectivity index (χ4n) is 3.03. The summed E-state index contributed by atoms with van der Waals surface area (Å²) in [6.07, 6.45) is 1.91. The van der Waals surface area contributed by atoms with E-state index >= 15 is 0 Å². The Labute approximate surface area is 172 Å². The lowest BCUT2D eigenvalue weighted by Crippen LogP contribution is -2.48. The normalized spacial score (nSPS) is 17.0. The summed E-state index contributed by atoms with van der Waals surface area (Å²) in [7, 11) is 0. The number of carbonyl (C=O) groups is 3. The summed E-state index contributed by atoms with van der Waals surface area (Å²) in [4.78, 5) is 37.9. The Morgan fingerprint density at radius 2 is 1.89 bits per heavy atom. The number of hydrogen-bond acceptors (Lipinski definition) is 4. The number of likely N-dealkylation sites (tertiary alicyclic amines) is 1. The van der Waals surface area contributed by atoms with E-state index in [2.05, 4.69) is 10.6 Å². The van der Waals surface area contributed by atoms with Gasteiger partial charge in [0.15, 0.2) is 0 Å². The van der Waals surface area contributed by atoms with Crippen LogP contribution >= 0.6 is 12.4 Å². The van der Waals surface area contributed by atoms with E-state index in [9.17, 15) is 14.4 Å². The molecule has 1 fully saturated rings. The summed E-state index contributed by atoms with van der Waals surface area (Å²) in [5.41, 5.74) is 6.89. The molecule has 7 nitrogen and oxygen atoms in total. The Morgan fingerprint density at radius 1 is 1.21 bits per heavy atom. The fourth-order valence-corrected chi connectivity index (χ4v) is 3.03. The molecule has 0 bridgehead atoms. The van der Waals surface area contributed by atoms with E-state index in [1.54, 1.807) is 4.90 Å². The molecule has 1 unspecified atom stereocenters. The van der Waals surface area contributed by atoms with Gasteiger partial charge in [0.05, 0.1) is 12.6 Å². The number of carbonyl (C=O) groups excluding carboxylic acids is 3. The van der Waals surface area contributed by atoms with E-state index in [1.165, 1.54) is 0 Å². The lowest BCUT2D eigenvalue weighted by molar-refractivity contribution is -0.130. The summed E-state index contributed by atoms with van der Waals surface area (Å²) < 4.78 is 0. The van der Waals surface area contributed by atoms with Crippen molar-refractivity contribution in [2.75, 3.05) is 19.6 Å². The molecule has 1 aromatic carbocycles. The molecule has 1 saturated heterocycles. The lowest BCUT2D eigenvalue weighted by atomic mass is 10.1. The van der Waals surface area contributed by atoms with Gasteiger partial charge in [0, 0.05) is 25.6 Å². The maximum atomic E-state index is 12.3. The minimum absolute atomic E-state index is 0. The minimum Gasteiger partial charge on any atom is -0.350 e. The van der Waals surface area contributed by atoms with Gasteiger partial charge >= 0.3 is 0 Å². The number of nitrogens with two attached hydrogens (primary N) is 1. The predicted octanol–water partition coefficient (Wildman–Crippen LogP) is 0.858. The Kier molecular flexibility index (Phi) is 9.96. The van der Waals surface area contributed by atoms with Crippen LogP contribution in [0.25, 0.3) is 0 Å². The molecule has 0 radical (unpaired) electrons. The number of nitrogens with zero attached hydrogens (tertiary/aromatic N) is 1. The predicted molar refractivity (Wildman–Crippen MR) is 111 cm³/mol. The molecule has 2 atom stereocenters. The quantitative estimate of drug-likeness (QED) is 0.591. The maximum absolute atomic E-state index is 12.3. The van der Waals surface area contributed by atoms with Crippen molar-refractivity contribution >= 4 is 30.1 Å². The monoisotopic (exact) mass is 410 g/mol. The molecule has 1 aromatic rings. The number of hydrogen-bond donors (Lipinski definition) is 3. The van der Waals surface area contributed by atoms with Crippen LogP contribution in [0.15, 0.2) is 30.3 Å². The minimum atomic E-state index is -0.623. The van der Waals surface area contributed by atoms with Crippen molar-refractivity contribution in [1.29, 1.82) is 0 Å². The van der Waals surface area contributed by atoms with Gasteiger partial charge in [-0.05, 0) is 24.3 Å². The molecule has 1 heterocycles. The highest BCUT2D eigenvalue weighted by Gasteiger charge is 2.27. The topological polar surface area (TPSA) is 105 Å². The SMILES string of the molecule is CC(C)[C@H](N)C(=O)NCC(=O)NC1CCN(C(=O)CCc2ccccc2)C1.Cl. The summed E-state index contributed by atoms with van der Waals surface area (Å²) in [6.45, 7) is 4.76. The van der Waals surface area contributed by atoms with E-state index in [-0.39, 0.29) is 48.6 Å². The van der Waals surface area contributed by atoms with Gasteiger partial charge in [-0.25, -0.2) is 0 Å². The van der Waals surface area contributed by atoms with Crippen molar-refractivity contribution in [1.82, 2.24) is 15.5 Å². The Morgan fingerprint density at radius 3 is 2.54 bits per heavy atom. The molecule has 0 spiro atoms. The van der Waals surface area contributed by atoms with Gasteiger partial charge in [-0.3, -0.25) is 14.4 Å². The van der Waals surface area contributed by atoms with Crippen LogP contribution in [-0.2, 0) is 20.8 Å². The smallest absolute Gasteiger partial charge is 0.239 e. The standard InChI is InChI=1S/C20H30N4O3.ClH/c1-14(2)19(21)20(27)22-12-17(25)23-16-10-11-24(13-16)18(26)9-8-15-6-4-3-5-7-15;/h3-7,14,16,19H,8-13,21H2,1-2H3,(H,22,27)(H,23,25);1H/t16?,19-;/m0./s1. The van der Waals surface area contributed by atoms with E-state index in [0.717, 1.165) is 18.4 Å². The highest BCUT2D eigenvalue weighted by Crippen LogP contribution is 2.12. The van der Waals surface area contributed by atoms with Gasteiger partial charge in [0.1, 0.15) is 0 Å². The second kappa shape index (κ2) is 11.7. The largest absolute Gasteiger partial charge is 0.350 e. The molecule has 28 heavy (non-hydrogen) atoms. The van der Waals surface area contributed by atoms with Crippen LogP contribution in [0.3, 0.4) is 0 Å². The zero-order chi connectivity index (χ0) is 19.8. The van der Waals surface area contributed by atoms with E-state index in [0.29, 0.717) is 19.5 Å². The fraction of sp³-hybridized carbons (Fsp3) is 0.550. The highest BCUT2D eigenvalue weighted by molar-refractivity contribution is 5.87. The zero-order valence-electron chi connectivity index (χ0n) is 16.5. The van der Waals surface area contributed by atoms with E-state index in [4.69, 9.17) is 5.73 Å². The first-order valence-electron chi connectivity index (χ1n) is 9.51. The van der Waals surface area contributed by atoms with Gasteiger partial charge in [-0.15, -0.1) is 12.4 Å². The van der Waals surface area contributed by atoms with Gasteiger partial charge in [-0.1, -0.05) is 44.2 Å². The van der Waals surface area contributed by atoms with Gasteiger partial charge in [-0.2, -0.15) is 0 Å². The molecule has 0 saturated carbocycles. The molecular formula is C20H31ClN4O3. The van der Waals surface area contributed by atoms with Crippen molar-refractivity contribution in [2.45, 2.75) is 45.2 Å². The molecular weight excluding hydrogens is 380 g/mol.